The Kier molecular flexibility index (Phi) is 7.09. The summed E-state index contributed by atoms with van der Waals surface area (Å²) in [5.74, 6) is -1.44. The van der Waals surface area contributed by atoms with E-state index in [2.05, 4.69) is 4.74 Å². The molecule has 9 heteroatoms. The van der Waals surface area contributed by atoms with E-state index in [0.29, 0.717) is 32.3 Å². The molecule has 1 fully saturated rings. The number of hydrogen-bond acceptors (Lipinski definition) is 7. The zero-order valence-electron chi connectivity index (χ0n) is 14.6. The van der Waals surface area contributed by atoms with Gasteiger partial charge in [0, 0.05) is 23.7 Å². The standard InChI is InChI=1S/C15H27N2O7/c1-5-24-15(20)17(2,3)11-8-6-10(7-9-11)12(16(21)22)13(18)14(19)23-4/h10-13,18H,5-9H2,1-4H3/q+1. The molecule has 138 valence electrons. The van der Waals surface area contributed by atoms with Gasteiger partial charge in [0.25, 0.3) is 6.04 Å². The van der Waals surface area contributed by atoms with Crippen LogP contribution in [0.4, 0.5) is 4.79 Å². The minimum absolute atomic E-state index is 0.0111. The van der Waals surface area contributed by atoms with Crippen LogP contribution >= 0.6 is 0 Å². The summed E-state index contributed by atoms with van der Waals surface area (Å²) in [4.78, 5) is 34.2. The number of carbonyl (C=O) groups is 2. The van der Waals surface area contributed by atoms with Crippen LogP contribution in [0.1, 0.15) is 32.6 Å². The topological polar surface area (TPSA) is 116 Å². The fourth-order valence-corrected chi connectivity index (χ4v) is 3.33. The molecule has 24 heavy (non-hydrogen) atoms. The number of quaternary nitrogens is 1. The minimum Gasteiger partial charge on any atom is -0.467 e. The van der Waals surface area contributed by atoms with Crippen LogP contribution < -0.4 is 0 Å². The Morgan fingerprint density at radius 1 is 1.29 bits per heavy atom. The predicted molar refractivity (Wildman–Crippen MR) is 83.7 cm³/mol. The van der Waals surface area contributed by atoms with E-state index in [1.807, 2.05) is 0 Å². The second-order valence-electron chi connectivity index (χ2n) is 6.55. The Balaban J connectivity index is 2.77. The number of esters is 1. The van der Waals surface area contributed by atoms with Crippen molar-refractivity contribution in [2.24, 2.45) is 5.92 Å². The summed E-state index contributed by atoms with van der Waals surface area (Å²) < 4.78 is 9.55. The molecule has 0 radical (unpaired) electrons. The number of ether oxygens (including phenoxy) is 2. The maximum atomic E-state index is 12.1. The first-order valence-corrected chi connectivity index (χ1v) is 8.07. The fraction of sp³-hybridized carbons (Fsp3) is 0.867. The third-order valence-corrected chi connectivity index (χ3v) is 4.89. The summed E-state index contributed by atoms with van der Waals surface area (Å²) >= 11 is 0. The van der Waals surface area contributed by atoms with Gasteiger partial charge in [-0.1, -0.05) is 0 Å². The quantitative estimate of drug-likeness (QED) is 0.329. The molecule has 1 amide bonds. The lowest BCUT2D eigenvalue weighted by Crippen LogP contribution is -2.56. The Labute approximate surface area is 141 Å². The van der Waals surface area contributed by atoms with E-state index in [0.717, 1.165) is 7.11 Å². The van der Waals surface area contributed by atoms with Gasteiger partial charge in [-0.3, -0.25) is 10.1 Å². The second-order valence-corrected chi connectivity index (χ2v) is 6.55. The van der Waals surface area contributed by atoms with Crippen LogP contribution in [-0.4, -0.2) is 72.6 Å². The van der Waals surface area contributed by atoms with E-state index in [-0.39, 0.29) is 16.6 Å². The number of nitrogens with zero attached hydrogens (tertiary/aromatic N) is 2. The number of methoxy groups -OCH3 is 1. The molecule has 0 aromatic carbocycles. The summed E-state index contributed by atoms with van der Waals surface area (Å²) in [6.07, 6.45) is -0.0548. The molecule has 0 bridgehead atoms. The molecular weight excluding hydrogens is 320 g/mol. The van der Waals surface area contributed by atoms with Crippen molar-refractivity contribution in [3.63, 3.8) is 0 Å². The molecule has 0 aromatic rings. The number of aliphatic hydroxyl groups is 1. The van der Waals surface area contributed by atoms with Crippen LogP contribution in [0.15, 0.2) is 0 Å². The number of rotatable bonds is 6. The molecule has 1 rings (SSSR count). The Bertz CT molecular complexity index is 472. The van der Waals surface area contributed by atoms with E-state index < -0.39 is 29.0 Å². The van der Waals surface area contributed by atoms with Crippen molar-refractivity contribution in [3.8, 4) is 0 Å². The minimum atomic E-state index is -1.78. The fourth-order valence-electron chi connectivity index (χ4n) is 3.33. The van der Waals surface area contributed by atoms with Crippen LogP contribution in [-0.2, 0) is 14.3 Å². The molecule has 0 spiro atoms. The van der Waals surface area contributed by atoms with E-state index in [4.69, 9.17) is 4.74 Å². The molecule has 0 aromatic heterocycles. The summed E-state index contributed by atoms with van der Waals surface area (Å²) in [5, 5.41) is 21.2. The average molecular weight is 347 g/mol. The summed E-state index contributed by atoms with van der Waals surface area (Å²) in [5.41, 5.74) is 0. The number of nitro groups is 1. The van der Waals surface area contributed by atoms with Gasteiger partial charge in [-0.05, 0) is 19.8 Å². The van der Waals surface area contributed by atoms with Gasteiger partial charge in [-0.25, -0.2) is 9.28 Å². The first-order valence-electron chi connectivity index (χ1n) is 8.07. The Morgan fingerprint density at radius 3 is 2.25 bits per heavy atom. The molecular formula is C15H27N2O7+. The molecule has 9 nitrogen and oxygen atoms in total. The highest BCUT2D eigenvalue weighted by Gasteiger charge is 2.47. The van der Waals surface area contributed by atoms with Gasteiger partial charge in [0.15, 0.2) is 0 Å². The smallest absolute Gasteiger partial charge is 0.467 e. The van der Waals surface area contributed by atoms with Gasteiger partial charge in [-0.15, -0.1) is 0 Å². The zero-order valence-corrected chi connectivity index (χ0v) is 14.6. The molecule has 0 saturated heterocycles. The molecule has 0 heterocycles. The van der Waals surface area contributed by atoms with Crippen molar-refractivity contribution in [2.45, 2.75) is 50.8 Å². The van der Waals surface area contributed by atoms with Crippen molar-refractivity contribution < 1.29 is 33.6 Å². The first-order chi connectivity index (χ1) is 11.2. The van der Waals surface area contributed by atoms with Crippen molar-refractivity contribution in [3.05, 3.63) is 10.1 Å². The van der Waals surface area contributed by atoms with Crippen molar-refractivity contribution in [1.29, 1.82) is 0 Å². The van der Waals surface area contributed by atoms with Gasteiger partial charge >= 0.3 is 12.1 Å². The van der Waals surface area contributed by atoms with Gasteiger partial charge in [0.05, 0.1) is 33.9 Å². The maximum Gasteiger partial charge on any atom is 0.515 e. The molecule has 0 aliphatic heterocycles. The third-order valence-electron chi connectivity index (χ3n) is 4.89. The monoisotopic (exact) mass is 347 g/mol. The van der Waals surface area contributed by atoms with Crippen molar-refractivity contribution in [2.75, 3.05) is 27.8 Å². The van der Waals surface area contributed by atoms with Crippen molar-refractivity contribution in [1.82, 2.24) is 0 Å². The predicted octanol–water partition coefficient (Wildman–Crippen LogP) is 0.957. The van der Waals surface area contributed by atoms with Crippen molar-refractivity contribution >= 4 is 12.1 Å². The highest BCUT2D eigenvalue weighted by atomic mass is 16.6. The van der Waals surface area contributed by atoms with E-state index >= 15 is 0 Å². The summed E-state index contributed by atoms with van der Waals surface area (Å²) in [6.45, 7) is 2.04. The van der Waals surface area contributed by atoms with E-state index in [1.54, 1.807) is 21.0 Å². The van der Waals surface area contributed by atoms with Gasteiger partial charge < -0.3 is 14.6 Å². The lowest BCUT2D eigenvalue weighted by Gasteiger charge is -2.38. The zero-order chi connectivity index (χ0) is 18.5. The highest BCUT2D eigenvalue weighted by molar-refractivity contribution is 5.74. The van der Waals surface area contributed by atoms with E-state index in [1.165, 1.54) is 0 Å². The Morgan fingerprint density at radius 2 is 1.83 bits per heavy atom. The number of carbonyl (C=O) groups excluding carboxylic acids is 2. The van der Waals surface area contributed by atoms with Crippen LogP contribution in [0, 0.1) is 16.0 Å². The number of hydrogen-bond donors (Lipinski definition) is 1. The third kappa shape index (κ3) is 4.41. The Hall–Kier alpha value is -1.74. The summed E-state index contributed by atoms with van der Waals surface area (Å²) in [7, 11) is 4.60. The van der Waals surface area contributed by atoms with Crippen LogP contribution in [0.25, 0.3) is 0 Å². The lowest BCUT2D eigenvalue weighted by molar-refractivity contribution is -0.846. The molecule has 1 saturated carbocycles. The average Bonchev–Trinajstić information content (AvgIpc) is 2.54. The molecule has 2 unspecified atom stereocenters. The number of aliphatic hydroxyl groups excluding tert-OH is 1. The molecule has 1 N–H and O–H groups in total. The maximum absolute atomic E-state index is 12.1. The van der Waals surface area contributed by atoms with Crippen LogP contribution in [0.2, 0.25) is 0 Å². The number of amides is 1. The normalized spacial score (nSPS) is 23.9. The second kappa shape index (κ2) is 8.39. The van der Waals surface area contributed by atoms with Gasteiger partial charge in [0.2, 0.25) is 6.10 Å². The first kappa shape index (κ1) is 20.3. The van der Waals surface area contributed by atoms with Gasteiger partial charge in [-0.2, -0.15) is 4.79 Å². The van der Waals surface area contributed by atoms with Crippen LogP contribution in [0.5, 0.6) is 0 Å². The lowest BCUT2D eigenvalue weighted by atomic mass is 9.79. The van der Waals surface area contributed by atoms with Gasteiger partial charge in [0.1, 0.15) is 0 Å². The SMILES string of the molecule is CCOC(=O)[N+](C)(C)C1CCC(C(C(O)C(=O)OC)[N+](=O)[O-])CC1. The van der Waals surface area contributed by atoms with Crippen LogP contribution in [0.3, 0.4) is 0 Å². The van der Waals surface area contributed by atoms with E-state index in [9.17, 15) is 24.8 Å². The largest absolute Gasteiger partial charge is 0.515 e. The summed E-state index contributed by atoms with van der Waals surface area (Å²) in [6, 6.07) is -1.40. The molecule has 1 aliphatic rings. The molecule has 1 aliphatic carbocycles. The highest BCUT2D eigenvalue weighted by Crippen LogP contribution is 2.34. The molecule has 2 atom stereocenters.